The van der Waals surface area contributed by atoms with E-state index in [9.17, 15) is 4.79 Å². The fourth-order valence-corrected chi connectivity index (χ4v) is 2.52. The van der Waals surface area contributed by atoms with E-state index < -0.39 is 0 Å². The molecule has 4 nitrogen and oxygen atoms in total. The molecule has 1 aromatic rings. The summed E-state index contributed by atoms with van der Waals surface area (Å²) in [5.41, 5.74) is 6.73. The lowest BCUT2D eigenvalue weighted by Crippen LogP contribution is -2.37. The van der Waals surface area contributed by atoms with Gasteiger partial charge >= 0.3 is 0 Å². The highest BCUT2D eigenvalue weighted by molar-refractivity contribution is 5.93. The van der Waals surface area contributed by atoms with Crippen molar-refractivity contribution in [2.24, 2.45) is 5.92 Å². The molecule has 1 saturated carbocycles. The highest BCUT2D eigenvalue weighted by atomic mass is 16.1. The molecule has 0 spiro atoms. The van der Waals surface area contributed by atoms with Crippen LogP contribution in [0, 0.1) is 5.92 Å². The topological polar surface area (TPSA) is 70.9 Å². The molecular weight excluding hydrogens is 214 g/mol. The summed E-state index contributed by atoms with van der Waals surface area (Å²) in [6.07, 6.45) is 7.56. The second kappa shape index (κ2) is 5.25. The van der Waals surface area contributed by atoms with Crippen molar-refractivity contribution in [2.45, 2.75) is 45.1 Å². The standard InChI is InChI=1S/C13H21N3O/c1-2-9-3-5-11(6-4-9)16-13(17)12-7-10(14)8-15-12/h7-9,11,15H,2-6,14H2,1H3,(H,16,17). The maximum atomic E-state index is 11.9. The second-order valence-corrected chi connectivity index (χ2v) is 4.95. The van der Waals surface area contributed by atoms with E-state index in [1.165, 1.54) is 19.3 Å². The zero-order chi connectivity index (χ0) is 12.3. The van der Waals surface area contributed by atoms with Gasteiger partial charge in [-0.15, -0.1) is 0 Å². The van der Waals surface area contributed by atoms with Gasteiger partial charge in [0.2, 0.25) is 0 Å². The Labute approximate surface area is 102 Å². The van der Waals surface area contributed by atoms with Crippen LogP contribution in [-0.4, -0.2) is 16.9 Å². The van der Waals surface area contributed by atoms with Gasteiger partial charge in [0.25, 0.3) is 5.91 Å². The number of nitrogens with two attached hydrogens (primary N) is 1. The fourth-order valence-electron chi connectivity index (χ4n) is 2.52. The molecule has 1 aromatic heterocycles. The lowest BCUT2D eigenvalue weighted by atomic mass is 9.84. The third-order valence-electron chi connectivity index (χ3n) is 3.71. The van der Waals surface area contributed by atoms with Crippen LogP contribution < -0.4 is 11.1 Å². The smallest absolute Gasteiger partial charge is 0.267 e. The molecule has 4 heteroatoms. The quantitative estimate of drug-likeness (QED) is 0.752. The Hall–Kier alpha value is -1.45. The number of hydrogen-bond donors (Lipinski definition) is 3. The van der Waals surface area contributed by atoms with E-state index in [1.54, 1.807) is 12.3 Å². The first kappa shape index (κ1) is 12.0. The molecule has 0 bridgehead atoms. The molecule has 94 valence electrons. The van der Waals surface area contributed by atoms with Crippen LogP contribution in [0.4, 0.5) is 5.69 Å². The van der Waals surface area contributed by atoms with Crippen LogP contribution in [0.2, 0.25) is 0 Å². The minimum absolute atomic E-state index is 0.0401. The van der Waals surface area contributed by atoms with Gasteiger partial charge in [-0.3, -0.25) is 4.79 Å². The van der Waals surface area contributed by atoms with E-state index in [0.29, 0.717) is 17.4 Å². The van der Waals surface area contributed by atoms with Crippen molar-refractivity contribution in [1.82, 2.24) is 10.3 Å². The van der Waals surface area contributed by atoms with E-state index in [0.717, 1.165) is 18.8 Å². The Balaban J connectivity index is 1.84. The average Bonchev–Trinajstić information content (AvgIpc) is 2.77. The number of anilines is 1. The molecule has 1 aliphatic carbocycles. The van der Waals surface area contributed by atoms with Crippen molar-refractivity contribution in [3.63, 3.8) is 0 Å². The van der Waals surface area contributed by atoms with Crippen LogP contribution in [0.3, 0.4) is 0 Å². The minimum Gasteiger partial charge on any atom is -0.397 e. The summed E-state index contributed by atoms with van der Waals surface area (Å²) in [4.78, 5) is 14.8. The number of carbonyl (C=O) groups is 1. The summed E-state index contributed by atoms with van der Waals surface area (Å²) in [5, 5.41) is 3.07. The first-order chi connectivity index (χ1) is 8.19. The first-order valence-corrected chi connectivity index (χ1v) is 6.43. The maximum Gasteiger partial charge on any atom is 0.267 e. The molecule has 0 saturated heterocycles. The molecule has 0 radical (unpaired) electrons. The van der Waals surface area contributed by atoms with Gasteiger partial charge in [0.15, 0.2) is 0 Å². The summed E-state index contributed by atoms with van der Waals surface area (Å²) < 4.78 is 0. The monoisotopic (exact) mass is 235 g/mol. The normalized spacial score (nSPS) is 24.5. The van der Waals surface area contributed by atoms with Gasteiger partial charge in [-0.05, 0) is 37.7 Å². The number of nitrogen functional groups attached to an aromatic ring is 1. The largest absolute Gasteiger partial charge is 0.397 e. The third-order valence-corrected chi connectivity index (χ3v) is 3.71. The van der Waals surface area contributed by atoms with E-state index in [4.69, 9.17) is 5.73 Å². The van der Waals surface area contributed by atoms with Gasteiger partial charge < -0.3 is 16.0 Å². The van der Waals surface area contributed by atoms with Crippen LogP contribution in [0.5, 0.6) is 0 Å². The highest BCUT2D eigenvalue weighted by Crippen LogP contribution is 2.26. The Bertz CT molecular complexity index is 378. The zero-order valence-corrected chi connectivity index (χ0v) is 10.3. The van der Waals surface area contributed by atoms with Gasteiger partial charge in [-0.2, -0.15) is 0 Å². The van der Waals surface area contributed by atoms with Crippen LogP contribution in [0.15, 0.2) is 12.3 Å². The fraction of sp³-hybridized carbons (Fsp3) is 0.615. The molecule has 17 heavy (non-hydrogen) atoms. The van der Waals surface area contributed by atoms with Crippen molar-refractivity contribution < 1.29 is 4.79 Å². The predicted octanol–water partition coefficient (Wildman–Crippen LogP) is 2.30. The van der Waals surface area contributed by atoms with Gasteiger partial charge in [0.05, 0.1) is 0 Å². The molecule has 0 aliphatic heterocycles. The van der Waals surface area contributed by atoms with Crippen LogP contribution in [0.1, 0.15) is 49.5 Å². The maximum absolute atomic E-state index is 11.9. The Kier molecular flexibility index (Phi) is 3.71. The summed E-state index contributed by atoms with van der Waals surface area (Å²) in [6.45, 7) is 2.24. The van der Waals surface area contributed by atoms with Gasteiger partial charge in [-0.1, -0.05) is 13.3 Å². The number of nitrogens with one attached hydrogen (secondary N) is 2. The first-order valence-electron chi connectivity index (χ1n) is 6.43. The summed E-state index contributed by atoms with van der Waals surface area (Å²) in [5.74, 6) is 0.811. The number of aromatic amines is 1. The number of hydrogen-bond acceptors (Lipinski definition) is 2. The van der Waals surface area contributed by atoms with Gasteiger partial charge in [0, 0.05) is 17.9 Å². The molecule has 1 fully saturated rings. The van der Waals surface area contributed by atoms with Crippen LogP contribution >= 0.6 is 0 Å². The molecule has 0 atom stereocenters. The number of aromatic nitrogens is 1. The van der Waals surface area contributed by atoms with E-state index in [1.807, 2.05) is 0 Å². The molecule has 0 aromatic carbocycles. The number of amides is 1. The number of rotatable bonds is 3. The van der Waals surface area contributed by atoms with Crippen molar-refractivity contribution in [3.05, 3.63) is 18.0 Å². The van der Waals surface area contributed by atoms with Crippen molar-refractivity contribution in [2.75, 3.05) is 5.73 Å². The molecule has 2 rings (SSSR count). The van der Waals surface area contributed by atoms with Gasteiger partial charge in [-0.25, -0.2) is 0 Å². The van der Waals surface area contributed by atoms with Crippen molar-refractivity contribution >= 4 is 11.6 Å². The summed E-state index contributed by atoms with van der Waals surface area (Å²) in [7, 11) is 0. The van der Waals surface area contributed by atoms with E-state index >= 15 is 0 Å². The average molecular weight is 235 g/mol. The second-order valence-electron chi connectivity index (χ2n) is 4.95. The lowest BCUT2D eigenvalue weighted by molar-refractivity contribution is 0.0917. The Morgan fingerprint density at radius 1 is 1.47 bits per heavy atom. The van der Waals surface area contributed by atoms with Crippen LogP contribution in [0.25, 0.3) is 0 Å². The number of carbonyl (C=O) groups excluding carboxylic acids is 1. The zero-order valence-electron chi connectivity index (χ0n) is 10.3. The van der Waals surface area contributed by atoms with Gasteiger partial charge in [0.1, 0.15) is 5.69 Å². The molecule has 1 amide bonds. The predicted molar refractivity (Wildman–Crippen MR) is 68.7 cm³/mol. The molecular formula is C13H21N3O. The Morgan fingerprint density at radius 2 is 2.18 bits per heavy atom. The third kappa shape index (κ3) is 3.02. The SMILES string of the molecule is CCC1CCC(NC(=O)c2cc(N)c[nH]2)CC1. The highest BCUT2D eigenvalue weighted by Gasteiger charge is 2.21. The number of H-pyrrole nitrogens is 1. The summed E-state index contributed by atoms with van der Waals surface area (Å²) >= 11 is 0. The van der Waals surface area contributed by atoms with Crippen molar-refractivity contribution in [3.8, 4) is 0 Å². The van der Waals surface area contributed by atoms with E-state index in [2.05, 4.69) is 17.2 Å². The van der Waals surface area contributed by atoms with E-state index in [-0.39, 0.29) is 5.91 Å². The lowest BCUT2D eigenvalue weighted by Gasteiger charge is -2.28. The molecule has 1 aliphatic rings. The Morgan fingerprint density at radius 3 is 2.71 bits per heavy atom. The molecule has 4 N–H and O–H groups in total. The summed E-state index contributed by atoms with van der Waals surface area (Å²) in [6, 6.07) is 2.00. The van der Waals surface area contributed by atoms with Crippen LogP contribution in [-0.2, 0) is 0 Å². The molecule has 1 heterocycles. The van der Waals surface area contributed by atoms with Crippen molar-refractivity contribution in [1.29, 1.82) is 0 Å². The molecule has 0 unspecified atom stereocenters. The minimum atomic E-state index is -0.0401.